The Morgan fingerprint density at radius 1 is 1.16 bits per heavy atom. The topological polar surface area (TPSA) is 115 Å². The maximum Gasteiger partial charge on any atom is 0.335 e. The highest BCUT2D eigenvalue weighted by atomic mass is 35.5. The average molecular weight is 607 g/mol. The molecular formula is C30H28ClFN6O5. The molecule has 0 spiro atoms. The number of carbonyl (C=O) groups is 1. The van der Waals surface area contributed by atoms with Crippen LogP contribution in [-0.2, 0) is 30.9 Å². The number of anilines is 1. The van der Waals surface area contributed by atoms with Gasteiger partial charge in [0, 0.05) is 41.8 Å². The predicted octanol–water partition coefficient (Wildman–Crippen LogP) is 4.49. The molecule has 7 rings (SSSR count). The van der Waals surface area contributed by atoms with E-state index in [9.17, 15) is 14.3 Å². The van der Waals surface area contributed by atoms with Gasteiger partial charge in [0.25, 0.3) is 0 Å². The molecule has 1 fully saturated rings. The van der Waals surface area contributed by atoms with Gasteiger partial charge in [-0.05, 0) is 30.7 Å². The fourth-order valence-electron chi connectivity index (χ4n) is 5.47. The van der Waals surface area contributed by atoms with Gasteiger partial charge >= 0.3 is 5.97 Å². The number of hydrogen-bond donors (Lipinski definition) is 1. The van der Waals surface area contributed by atoms with Gasteiger partial charge in [-0.15, -0.1) is 0 Å². The van der Waals surface area contributed by atoms with E-state index >= 15 is 0 Å². The third kappa shape index (κ3) is 5.43. The van der Waals surface area contributed by atoms with E-state index < -0.39 is 11.8 Å². The number of benzene rings is 2. The van der Waals surface area contributed by atoms with Gasteiger partial charge in [-0.25, -0.2) is 14.2 Å². The van der Waals surface area contributed by atoms with Gasteiger partial charge in [0.15, 0.2) is 5.82 Å². The number of ether oxygens (including phenoxy) is 3. The lowest BCUT2D eigenvalue weighted by Crippen LogP contribution is -2.38. The van der Waals surface area contributed by atoms with Gasteiger partial charge in [-0.1, -0.05) is 23.7 Å². The summed E-state index contributed by atoms with van der Waals surface area (Å²) in [6.07, 6.45) is 3.33. The Balaban J connectivity index is 1.06. The molecule has 1 N–H and O–H groups in total. The summed E-state index contributed by atoms with van der Waals surface area (Å²) in [4.78, 5) is 22.7. The second kappa shape index (κ2) is 11.3. The third-order valence-corrected chi connectivity index (χ3v) is 8.21. The first kappa shape index (κ1) is 27.4. The molecule has 3 aliphatic heterocycles. The number of fused-ring (bicyclic) bond motifs is 2. The molecular weight excluding hydrogens is 579 g/mol. The van der Waals surface area contributed by atoms with Crippen LogP contribution in [0.25, 0.3) is 11.0 Å². The van der Waals surface area contributed by atoms with Gasteiger partial charge in [-0.3, -0.25) is 5.01 Å². The Hall–Kier alpha value is -4.42. The summed E-state index contributed by atoms with van der Waals surface area (Å²) in [6, 6.07) is 11.8. The van der Waals surface area contributed by atoms with Crippen LogP contribution in [0.2, 0.25) is 5.02 Å². The van der Waals surface area contributed by atoms with Gasteiger partial charge in [0.05, 0.1) is 43.4 Å². The van der Waals surface area contributed by atoms with Crippen molar-refractivity contribution in [3.63, 3.8) is 0 Å². The number of nitrogens with zero attached hydrogens (tertiary/aromatic N) is 6. The number of imidazole rings is 1. The van der Waals surface area contributed by atoms with Crippen molar-refractivity contribution in [3.05, 3.63) is 75.8 Å². The molecule has 0 bridgehead atoms. The summed E-state index contributed by atoms with van der Waals surface area (Å²) in [5, 5.41) is 16.6. The summed E-state index contributed by atoms with van der Waals surface area (Å²) in [5.74, 6) is 0.690. The number of pyridine rings is 1. The fraction of sp³-hybridized carbons (Fsp3) is 0.333. The van der Waals surface area contributed by atoms with Crippen LogP contribution in [0.1, 0.15) is 33.7 Å². The number of aromatic carboxylic acids is 1. The first-order valence-corrected chi connectivity index (χ1v) is 14.4. The number of carboxylic acids is 1. The predicted molar refractivity (Wildman–Crippen MR) is 156 cm³/mol. The van der Waals surface area contributed by atoms with Crippen molar-refractivity contribution in [2.45, 2.75) is 38.6 Å². The maximum atomic E-state index is 14.9. The van der Waals surface area contributed by atoms with Crippen molar-refractivity contribution in [1.82, 2.24) is 19.5 Å². The van der Waals surface area contributed by atoms with Crippen LogP contribution in [-0.4, -0.2) is 69.4 Å². The summed E-state index contributed by atoms with van der Waals surface area (Å²) < 4.78 is 34.1. The van der Waals surface area contributed by atoms with Gasteiger partial charge < -0.3 is 28.8 Å². The zero-order valence-electron chi connectivity index (χ0n) is 23.1. The minimum Gasteiger partial charge on any atom is -0.492 e. The fourth-order valence-corrected chi connectivity index (χ4v) is 5.71. The van der Waals surface area contributed by atoms with Crippen molar-refractivity contribution >= 4 is 40.8 Å². The molecule has 0 unspecified atom stereocenters. The molecule has 2 aromatic carbocycles. The van der Waals surface area contributed by atoms with Crippen molar-refractivity contribution < 1.29 is 28.5 Å². The highest BCUT2D eigenvalue weighted by molar-refractivity contribution is 6.31. The normalized spacial score (nSPS) is 17.6. The number of hydrazone groups is 1. The van der Waals surface area contributed by atoms with E-state index in [2.05, 4.69) is 15.1 Å². The zero-order valence-corrected chi connectivity index (χ0v) is 23.8. The second-order valence-electron chi connectivity index (χ2n) is 10.6. The number of hydrogen-bond acceptors (Lipinski definition) is 9. The summed E-state index contributed by atoms with van der Waals surface area (Å²) in [6.45, 7) is 3.52. The molecule has 0 radical (unpaired) electrons. The SMILES string of the molecule is O=C(O)c1cc(F)c2nc(CN3CCN(c4cccc(OCc5ccc(Cl)c6c5OCC6)n4)C=N3)n(C[C@@H]3CCO3)c2c1. The molecule has 2 aromatic heterocycles. The van der Waals surface area contributed by atoms with E-state index in [0.29, 0.717) is 74.1 Å². The standard InChI is InChI=1S/C30H28ClFN6O5/c31-22-5-4-18(29-21(22)7-11-42-29)16-43-27-3-1-2-25(34-27)36-8-9-37(33-17-36)15-26-35-28-23(32)12-19(30(39)40)13-24(28)38(26)14-20-6-10-41-20/h1-5,12-13,17,20H,6-11,14-16H2,(H,39,40)/t20-/m0/s1. The molecule has 1 atom stereocenters. The van der Waals surface area contributed by atoms with Crippen LogP contribution in [0.4, 0.5) is 10.2 Å². The van der Waals surface area contributed by atoms with Crippen molar-refractivity contribution in [2.75, 3.05) is 31.2 Å². The first-order chi connectivity index (χ1) is 20.9. The Bertz CT molecular complexity index is 1740. The Kier molecular flexibility index (Phi) is 7.23. The molecule has 11 nitrogen and oxygen atoms in total. The molecule has 5 heterocycles. The molecule has 0 saturated carbocycles. The molecule has 0 amide bonds. The van der Waals surface area contributed by atoms with Gasteiger partial charge in [0.2, 0.25) is 5.88 Å². The van der Waals surface area contributed by atoms with E-state index in [4.69, 9.17) is 25.8 Å². The quantitative estimate of drug-likeness (QED) is 0.294. The molecule has 222 valence electrons. The molecule has 4 aromatic rings. The van der Waals surface area contributed by atoms with E-state index in [1.165, 1.54) is 6.07 Å². The lowest BCUT2D eigenvalue weighted by molar-refractivity contribution is -0.0592. The number of carboxylic acid groups (broad SMARTS) is 1. The number of halogens is 2. The Morgan fingerprint density at radius 3 is 2.81 bits per heavy atom. The highest BCUT2D eigenvalue weighted by Crippen LogP contribution is 2.35. The third-order valence-electron chi connectivity index (χ3n) is 7.85. The van der Waals surface area contributed by atoms with E-state index in [1.807, 2.05) is 38.7 Å². The average Bonchev–Trinajstić information content (AvgIpc) is 3.61. The van der Waals surface area contributed by atoms with Gasteiger partial charge in [0.1, 0.15) is 35.9 Å². The van der Waals surface area contributed by atoms with Crippen molar-refractivity contribution in [2.24, 2.45) is 5.10 Å². The first-order valence-electron chi connectivity index (χ1n) is 14.0. The van der Waals surface area contributed by atoms with Crippen LogP contribution in [0, 0.1) is 5.82 Å². The van der Waals surface area contributed by atoms with Crippen LogP contribution in [0.3, 0.4) is 0 Å². The van der Waals surface area contributed by atoms with E-state index in [1.54, 1.807) is 12.4 Å². The van der Waals surface area contributed by atoms with E-state index in [-0.39, 0.29) is 17.2 Å². The lowest BCUT2D eigenvalue weighted by Gasteiger charge is -2.30. The van der Waals surface area contributed by atoms with Crippen LogP contribution in [0.5, 0.6) is 11.6 Å². The Morgan fingerprint density at radius 2 is 2.05 bits per heavy atom. The molecule has 3 aliphatic rings. The highest BCUT2D eigenvalue weighted by Gasteiger charge is 2.26. The Labute approximate surface area is 251 Å². The number of aromatic nitrogens is 3. The van der Waals surface area contributed by atoms with Crippen LogP contribution in [0.15, 0.2) is 47.6 Å². The number of rotatable bonds is 9. The summed E-state index contributed by atoms with van der Waals surface area (Å²) in [5.41, 5.74) is 2.39. The maximum absolute atomic E-state index is 14.9. The van der Waals surface area contributed by atoms with Gasteiger partial charge in [-0.2, -0.15) is 10.1 Å². The molecule has 0 aliphatic carbocycles. The monoisotopic (exact) mass is 606 g/mol. The summed E-state index contributed by atoms with van der Waals surface area (Å²) in [7, 11) is 0. The second-order valence-corrected chi connectivity index (χ2v) is 11.0. The molecule has 1 saturated heterocycles. The van der Waals surface area contributed by atoms with Crippen LogP contribution >= 0.6 is 11.6 Å². The summed E-state index contributed by atoms with van der Waals surface area (Å²) >= 11 is 6.30. The molecule has 13 heteroatoms. The lowest BCUT2D eigenvalue weighted by atomic mass is 10.1. The zero-order chi connectivity index (χ0) is 29.5. The van der Waals surface area contributed by atoms with Crippen molar-refractivity contribution in [1.29, 1.82) is 0 Å². The van der Waals surface area contributed by atoms with E-state index in [0.717, 1.165) is 35.8 Å². The van der Waals surface area contributed by atoms with Crippen molar-refractivity contribution in [3.8, 4) is 11.6 Å². The molecule has 43 heavy (non-hydrogen) atoms. The smallest absolute Gasteiger partial charge is 0.335 e. The largest absolute Gasteiger partial charge is 0.492 e. The minimum absolute atomic E-state index is 0.0262. The van der Waals surface area contributed by atoms with Crippen LogP contribution < -0.4 is 14.4 Å². The minimum atomic E-state index is -1.19.